The van der Waals surface area contributed by atoms with E-state index in [0.29, 0.717) is 12.1 Å². The van der Waals surface area contributed by atoms with Crippen molar-refractivity contribution < 1.29 is 14.3 Å². The number of ether oxygens (including phenoxy) is 2. The summed E-state index contributed by atoms with van der Waals surface area (Å²) in [5.74, 6) is 1.35. The molecule has 6 nitrogen and oxygen atoms in total. The molecule has 0 saturated heterocycles. The number of hydrazone groups is 1. The summed E-state index contributed by atoms with van der Waals surface area (Å²) in [6, 6.07) is 9.53. The maximum absolute atomic E-state index is 11.9. The number of fused-ring (bicyclic) bond motifs is 1. The third-order valence-corrected chi connectivity index (χ3v) is 3.66. The Morgan fingerprint density at radius 2 is 2.17 bits per heavy atom. The van der Waals surface area contributed by atoms with Crippen molar-refractivity contribution in [3.63, 3.8) is 0 Å². The average Bonchev–Trinajstić information content (AvgIpc) is 3.19. The monoisotopic (exact) mass is 325 g/mol. The minimum atomic E-state index is -0.146. The molecular weight excluding hydrogens is 306 g/mol. The number of hydrogen-bond acceptors (Lipinski definition) is 4. The standard InChI is InChI=1S/C18H19N3O3/c1-13(19-20-18(22)11-15-4-3-9-21(15)2)5-6-14-7-8-16-17(10-14)24-12-23-16/h3-10H,11-12H2,1-2H3,(H,20,22)/b6-5+,19-13-. The molecule has 0 unspecified atom stereocenters. The van der Waals surface area contributed by atoms with E-state index in [1.165, 1.54) is 0 Å². The molecule has 1 N–H and O–H groups in total. The zero-order chi connectivity index (χ0) is 16.9. The molecule has 1 aliphatic rings. The van der Waals surface area contributed by atoms with Gasteiger partial charge in [0.2, 0.25) is 12.7 Å². The fourth-order valence-corrected chi connectivity index (χ4v) is 2.31. The summed E-state index contributed by atoms with van der Waals surface area (Å²) in [5.41, 5.74) is 5.18. The fraction of sp³-hybridized carbons (Fsp3) is 0.222. The van der Waals surface area contributed by atoms with Gasteiger partial charge in [0.25, 0.3) is 0 Å². The molecule has 1 aliphatic heterocycles. The first-order chi connectivity index (χ1) is 11.6. The quantitative estimate of drug-likeness (QED) is 0.678. The SMILES string of the molecule is CC(/C=C/c1ccc2c(c1)OCO2)=N/NC(=O)Cc1cccn1C. The molecule has 0 bridgehead atoms. The second kappa shape index (κ2) is 7.04. The Kier molecular flexibility index (Phi) is 4.65. The average molecular weight is 325 g/mol. The van der Waals surface area contributed by atoms with Crippen LogP contribution >= 0.6 is 0 Å². The Bertz CT molecular complexity index is 806. The van der Waals surface area contributed by atoms with E-state index in [-0.39, 0.29) is 12.7 Å². The molecule has 2 heterocycles. The maximum Gasteiger partial charge on any atom is 0.246 e. The van der Waals surface area contributed by atoms with Crippen LogP contribution in [-0.2, 0) is 18.3 Å². The lowest BCUT2D eigenvalue weighted by Gasteiger charge is -2.02. The van der Waals surface area contributed by atoms with Gasteiger partial charge >= 0.3 is 0 Å². The van der Waals surface area contributed by atoms with Crippen LogP contribution in [0.1, 0.15) is 18.2 Å². The lowest BCUT2D eigenvalue weighted by atomic mass is 10.2. The lowest BCUT2D eigenvalue weighted by molar-refractivity contribution is -0.120. The molecule has 124 valence electrons. The number of aryl methyl sites for hydroxylation is 1. The van der Waals surface area contributed by atoms with Crippen LogP contribution in [-0.4, -0.2) is 23.0 Å². The molecule has 0 fully saturated rings. The van der Waals surface area contributed by atoms with Crippen molar-refractivity contribution in [2.24, 2.45) is 12.1 Å². The number of aromatic nitrogens is 1. The Balaban J connectivity index is 1.56. The van der Waals surface area contributed by atoms with Crippen LogP contribution in [0.4, 0.5) is 0 Å². The van der Waals surface area contributed by atoms with Gasteiger partial charge in [-0.3, -0.25) is 4.79 Å². The summed E-state index contributed by atoms with van der Waals surface area (Å²) in [4.78, 5) is 11.9. The first-order valence-electron chi connectivity index (χ1n) is 7.63. The third-order valence-electron chi connectivity index (χ3n) is 3.66. The number of hydrogen-bond donors (Lipinski definition) is 1. The van der Waals surface area contributed by atoms with Crippen LogP contribution in [0.5, 0.6) is 11.5 Å². The number of carbonyl (C=O) groups is 1. The van der Waals surface area contributed by atoms with Crippen molar-refractivity contribution in [1.82, 2.24) is 9.99 Å². The Hall–Kier alpha value is -3.02. The van der Waals surface area contributed by atoms with Crippen LogP contribution < -0.4 is 14.9 Å². The summed E-state index contributed by atoms with van der Waals surface area (Å²) in [6.45, 7) is 2.09. The summed E-state index contributed by atoms with van der Waals surface area (Å²) >= 11 is 0. The molecular formula is C18H19N3O3. The molecule has 1 amide bonds. The molecule has 24 heavy (non-hydrogen) atoms. The fourth-order valence-electron chi connectivity index (χ4n) is 2.31. The smallest absolute Gasteiger partial charge is 0.246 e. The van der Waals surface area contributed by atoms with Gasteiger partial charge in [-0.2, -0.15) is 5.10 Å². The summed E-state index contributed by atoms with van der Waals surface area (Å²) < 4.78 is 12.5. The molecule has 1 aromatic carbocycles. The Morgan fingerprint density at radius 1 is 1.33 bits per heavy atom. The Labute approximate surface area is 140 Å². The summed E-state index contributed by atoms with van der Waals surface area (Å²) in [5, 5.41) is 4.09. The molecule has 0 radical (unpaired) electrons. The third kappa shape index (κ3) is 3.84. The maximum atomic E-state index is 11.9. The van der Waals surface area contributed by atoms with E-state index in [2.05, 4.69) is 10.5 Å². The van der Waals surface area contributed by atoms with Crippen molar-refractivity contribution in [3.8, 4) is 11.5 Å². The first-order valence-corrected chi connectivity index (χ1v) is 7.63. The molecule has 0 saturated carbocycles. The van der Waals surface area contributed by atoms with Crippen LogP contribution in [0.25, 0.3) is 6.08 Å². The van der Waals surface area contributed by atoms with Gasteiger partial charge in [-0.15, -0.1) is 0 Å². The minimum absolute atomic E-state index is 0.146. The van der Waals surface area contributed by atoms with E-state index in [0.717, 1.165) is 22.8 Å². The molecule has 2 aromatic rings. The van der Waals surface area contributed by atoms with E-state index < -0.39 is 0 Å². The normalized spacial score (nSPS) is 13.5. The van der Waals surface area contributed by atoms with Crippen LogP contribution in [0, 0.1) is 0 Å². The number of nitrogens with one attached hydrogen (secondary N) is 1. The van der Waals surface area contributed by atoms with Crippen molar-refractivity contribution in [2.45, 2.75) is 13.3 Å². The second-order valence-electron chi connectivity index (χ2n) is 5.52. The first kappa shape index (κ1) is 15.9. The summed E-state index contributed by atoms with van der Waals surface area (Å²) in [7, 11) is 1.91. The number of carbonyl (C=O) groups excluding carboxylic acids is 1. The Morgan fingerprint density at radius 3 is 2.96 bits per heavy atom. The van der Waals surface area contributed by atoms with Crippen molar-refractivity contribution >= 4 is 17.7 Å². The van der Waals surface area contributed by atoms with E-state index in [9.17, 15) is 4.79 Å². The van der Waals surface area contributed by atoms with E-state index in [1.54, 1.807) is 0 Å². The lowest BCUT2D eigenvalue weighted by Crippen LogP contribution is -2.21. The molecule has 0 atom stereocenters. The van der Waals surface area contributed by atoms with Gasteiger partial charge in [0.15, 0.2) is 11.5 Å². The predicted molar refractivity (Wildman–Crippen MR) is 92.0 cm³/mol. The molecule has 0 spiro atoms. The number of nitrogens with zero attached hydrogens (tertiary/aromatic N) is 2. The van der Waals surface area contributed by atoms with Crippen molar-refractivity contribution in [2.75, 3.05) is 6.79 Å². The summed E-state index contributed by atoms with van der Waals surface area (Å²) in [6.07, 6.45) is 5.95. The van der Waals surface area contributed by atoms with Crippen molar-refractivity contribution in [1.29, 1.82) is 0 Å². The molecule has 1 aromatic heterocycles. The highest BCUT2D eigenvalue weighted by atomic mass is 16.7. The number of amides is 1. The van der Waals surface area contributed by atoms with E-state index in [4.69, 9.17) is 9.47 Å². The van der Waals surface area contributed by atoms with Gasteiger partial charge in [0.1, 0.15) is 0 Å². The number of allylic oxidation sites excluding steroid dienone is 1. The van der Waals surface area contributed by atoms with Gasteiger partial charge in [-0.05, 0) is 42.8 Å². The predicted octanol–water partition coefficient (Wildman–Crippen LogP) is 2.50. The topological polar surface area (TPSA) is 64.8 Å². The van der Waals surface area contributed by atoms with Gasteiger partial charge < -0.3 is 14.0 Å². The van der Waals surface area contributed by atoms with Crippen LogP contribution in [0.2, 0.25) is 0 Å². The highest BCUT2D eigenvalue weighted by molar-refractivity contribution is 5.97. The number of benzene rings is 1. The van der Waals surface area contributed by atoms with Gasteiger partial charge in [-0.1, -0.05) is 12.1 Å². The second-order valence-corrected chi connectivity index (χ2v) is 5.52. The number of rotatable bonds is 5. The van der Waals surface area contributed by atoms with Crippen LogP contribution in [0.3, 0.4) is 0 Å². The van der Waals surface area contributed by atoms with Crippen molar-refractivity contribution in [3.05, 3.63) is 53.9 Å². The molecule has 6 heteroatoms. The van der Waals surface area contributed by atoms with Gasteiger partial charge in [0.05, 0.1) is 12.1 Å². The molecule has 0 aliphatic carbocycles. The van der Waals surface area contributed by atoms with Gasteiger partial charge in [-0.25, -0.2) is 5.43 Å². The zero-order valence-corrected chi connectivity index (χ0v) is 13.7. The largest absolute Gasteiger partial charge is 0.454 e. The van der Waals surface area contributed by atoms with Crippen LogP contribution in [0.15, 0.2) is 47.7 Å². The highest BCUT2D eigenvalue weighted by Gasteiger charge is 2.12. The van der Waals surface area contributed by atoms with E-state index >= 15 is 0 Å². The van der Waals surface area contributed by atoms with E-state index in [1.807, 2.05) is 67.2 Å². The minimum Gasteiger partial charge on any atom is -0.454 e. The highest BCUT2D eigenvalue weighted by Crippen LogP contribution is 2.32. The molecule has 3 rings (SSSR count). The zero-order valence-electron chi connectivity index (χ0n) is 13.7. The van der Waals surface area contributed by atoms with Gasteiger partial charge in [0, 0.05) is 18.9 Å².